The van der Waals surface area contributed by atoms with Crippen molar-refractivity contribution in [2.45, 2.75) is 31.4 Å². The molecule has 1 aromatic rings. The van der Waals surface area contributed by atoms with E-state index in [9.17, 15) is 8.42 Å². The second-order valence-corrected chi connectivity index (χ2v) is 8.02. The van der Waals surface area contributed by atoms with E-state index in [0.717, 1.165) is 11.8 Å². The van der Waals surface area contributed by atoms with Crippen LogP contribution in [0.1, 0.15) is 36.8 Å². The van der Waals surface area contributed by atoms with Gasteiger partial charge in [0.15, 0.2) is 0 Å². The minimum atomic E-state index is -3.37. The summed E-state index contributed by atoms with van der Waals surface area (Å²) in [6, 6.07) is 8.92. The van der Waals surface area contributed by atoms with Crippen molar-refractivity contribution < 1.29 is 8.42 Å². The van der Waals surface area contributed by atoms with Crippen molar-refractivity contribution >= 4 is 10.0 Å². The highest BCUT2D eigenvalue weighted by atomic mass is 32.2. The van der Waals surface area contributed by atoms with E-state index in [4.69, 9.17) is 5.26 Å². The minimum absolute atomic E-state index is 0.112. The number of nitrogens with one attached hydrogen (secondary N) is 1. The summed E-state index contributed by atoms with van der Waals surface area (Å²) in [7, 11) is -3.37. The molecule has 0 atom stereocenters. The van der Waals surface area contributed by atoms with Gasteiger partial charge in [-0.25, -0.2) is 13.1 Å². The third-order valence-electron chi connectivity index (χ3n) is 4.48. The maximum absolute atomic E-state index is 12.2. The fourth-order valence-corrected chi connectivity index (χ4v) is 4.21. The summed E-state index contributed by atoms with van der Waals surface area (Å²) in [5.41, 5.74) is 1.01. The average Bonchev–Trinajstić information content (AvgIpc) is 3.33. The lowest BCUT2D eigenvalue weighted by molar-refractivity contribution is 0.401. The Morgan fingerprint density at radius 1 is 1.19 bits per heavy atom. The van der Waals surface area contributed by atoms with Gasteiger partial charge in [0.1, 0.15) is 0 Å². The topological polar surface area (TPSA) is 70.0 Å². The monoisotopic (exact) mass is 304 g/mol. The second kappa shape index (κ2) is 5.78. The van der Waals surface area contributed by atoms with Gasteiger partial charge in [-0.3, -0.25) is 0 Å². The molecule has 4 nitrogen and oxygen atoms in total. The van der Waals surface area contributed by atoms with Crippen molar-refractivity contribution in [3.8, 4) is 6.07 Å². The Labute approximate surface area is 126 Å². The molecule has 1 aromatic carbocycles. The van der Waals surface area contributed by atoms with E-state index in [0.29, 0.717) is 23.6 Å². The van der Waals surface area contributed by atoms with Crippen molar-refractivity contribution in [1.29, 1.82) is 5.26 Å². The van der Waals surface area contributed by atoms with Crippen molar-refractivity contribution in [2.75, 3.05) is 6.54 Å². The number of nitrogens with zero attached hydrogens (tertiary/aromatic N) is 1. The van der Waals surface area contributed by atoms with Crippen molar-refractivity contribution in [1.82, 2.24) is 4.72 Å². The summed E-state index contributed by atoms with van der Waals surface area (Å²) in [6.45, 7) is 0.562. The standard InChI is InChI=1S/C16H20N2O2S/c17-9-14-3-1-2-4-15(14)11-21(19,20)18-10-16(12-5-6-12)13-7-8-13/h1-4,12-13,16,18H,5-8,10-11H2. The molecule has 2 aliphatic carbocycles. The Balaban J connectivity index is 1.62. The van der Waals surface area contributed by atoms with Crippen LogP contribution in [0.5, 0.6) is 0 Å². The zero-order valence-corrected chi connectivity index (χ0v) is 12.8. The Morgan fingerprint density at radius 2 is 1.81 bits per heavy atom. The van der Waals surface area contributed by atoms with Crippen molar-refractivity contribution in [3.05, 3.63) is 35.4 Å². The summed E-state index contributed by atoms with van der Waals surface area (Å²) >= 11 is 0. The number of sulfonamides is 1. The zero-order valence-electron chi connectivity index (χ0n) is 12.0. The number of hydrogen-bond acceptors (Lipinski definition) is 3. The SMILES string of the molecule is N#Cc1ccccc1CS(=O)(=O)NCC(C1CC1)C1CC1. The molecule has 0 spiro atoms. The molecule has 0 radical (unpaired) electrons. The third-order valence-corrected chi connectivity index (χ3v) is 5.77. The van der Waals surface area contributed by atoms with Gasteiger partial charge in [0.2, 0.25) is 10.0 Å². The lowest BCUT2D eigenvalue weighted by Gasteiger charge is -2.16. The smallest absolute Gasteiger partial charge is 0.215 e. The van der Waals surface area contributed by atoms with Gasteiger partial charge in [-0.15, -0.1) is 0 Å². The lowest BCUT2D eigenvalue weighted by atomic mass is 9.99. The summed E-state index contributed by atoms with van der Waals surface area (Å²) < 4.78 is 27.2. The quantitative estimate of drug-likeness (QED) is 0.841. The first-order chi connectivity index (χ1) is 10.1. The van der Waals surface area contributed by atoms with Crippen LogP contribution in [0.15, 0.2) is 24.3 Å². The van der Waals surface area contributed by atoms with Crippen LogP contribution >= 0.6 is 0 Å². The molecule has 0 amide bonds. The first-order valence-electron chi connectivity index (χ1n) is 7.54. The van der Waals surface area contributed by atoms with Gasteiger partial charge in [-0.2, -0.15) is 5.26 Å². The first kappa shape index (κ1) is 14.6. The van der Waals surface area contributed by atoms with E-state index in [-0.39, 0.29) is 5.75 Å². The Hall–Kier alpha value is -1.38. The van der Waals surface area contributed by atoms with Gasteiger partial charge in [-0.1, -0.05) is 18.2 Å². The van der Waals surface area contributed by atoms with Crippen LogP contribution in [0, 0.1) is 29.1 Å². The molecule has 2 aliphatic rings. The molecule has 21 heavy (non-hydrogen) atoms. The highest BCUT2D eigenvalue weighted by molar-refractivity contribution is 7.88. The highest BCUT2D eigenvalue weighted by Gasteiger charge is 2.41. The van der Waals surface area contributed by atoms with Crippen LogP contribution in [0.4, 0.5) is 0 Å². The van der Waals surface area contributed by atoms with Crippen LogP contribution in [0.2, 0.25) is 0 Å². The Bertz CT molecular complexity index is 643. The largest absolute Gasteiger partial charge is 0.215 e. The van der Waals surface area contributed by atoms with Gasteiger partial charge in [0.25, 0.3) is 0 Å². The van der Waals surface area contributed by atoms with Gasteiger partial charge in [0.05, 0.1) is 17.4 Å². The molecule has 0 bridgehead atoms. The van der Waals surface area contributed by atoms with Gasteiger partial charge < -0.3 is 0 Å². The molecule has 0 heterocycles. The van der Waals surface area contributed by atoms with Gasteiger partial charge in [0, 0.05) is 6.54 Å². The predicted octanol–water partition coefficient (Wildman–Crippen LogP) is 2.41. The number of benzene rings is 1. The van der Waals surface area contributed by atoms with Crippen LogP contribution < -0.4 is 4.72 Å². The minimum Gasteiger partial charge on any atom is -0.215 e. The molecule has 2 fully saturated rings. The Morgan fingerprint density at radius 3 is 2.38 bits per heavy atom. The van der Waals surface area contributed by atoms with Crippen molar-refractivity contribution in [2.24, 2.45) is 17.8 Å². The zero-order chi connectivity index (χ0) is 14.9. The number of nitriles is 1. The van der Waals surface area contributed by atoms with E-state index < -0.39 is 10.0 Å². The van der Waals surface area contributed by atoms with E-state index in [1.54, 1.807) is 24.3 Å². The summed E-state index contributed by atoms with van der Waals surface area (Å²) in [5, 5.41) is 9.03. The molecule has 0 saturated heterocycles. The van der Waals surface area contributed by atoms with Crippen LogP contribution in [-0.2, 0) is 15.8 Å². The number of hydrogen-bond donors (Lipinski definition) is 1. The van der Waals surface area contributed by atoms with Crippen LogP contribution in [0.25, 0.3) is 0 Å². The van der Waals surface area contributed by atoms with E-state index in [1.807, 2.05) is 6.07 Å². The summed E-state index contributed by atoms with van der Waals surface area (Å²) in [6.07, 6.45) is 5.00. The van der Waals surface area contributed by atoms with Gasteiger partial charge in [-0.05, 0) is 55.1 Å². The second-order valence-electron chi connectivity index (χ2n) is 6.22. The normalized spacial score (nSPS) is 18.7. The van der Waals surface area contributed by atoms with E-state index in [2.05, 4.69) is 4.72 Å². The first-order valence-corrected chi connectivity index (χ1v) is 9.19. The molecule has 2 saturated carbocycles. The third kappa shape index (κ3) is 3.84. The number of rotatable bonds is 7. The fourth-order valence-electron chi connectivity index (χ4n) is 3.00. The molecule has 112 valence electrons. The molecule has 0 unspecified atom stereocenters. The van der Waals surface area contributed by atoms with Crippen molar-refractivity contribution in [3.63, 3.8) is 0 Å². The highest BCUT2D eigenvalue weighted by Crippen LogP contribution is 2.48. The van der Waals surface area contributed by atoms with Crippen LogP contribution in [0.3, 0.4) is 0 Å². The molecule has 3 rings (SSSR count). The summed E-state index contributed by atoms with van der Waals surface area (Å²) in [5.74, 6) is 1.86. The molecule has 5 heteroatoms. The van der Waals surface area contributed by atoms with E-state index in [1.165, 1.54) is 25.7 Å². The average molecular weight is 304 g/mol. The van der Waals surface area contributed by atoms with Gasteiger partial charge >= 0.3 is 0 Å². The molecule has 0 aliphatic heterocycles. The summed E-state index contributed by atoms with van der Waals surface area (Å²) in [4.78, 5) is 0. The molecular weight excluding hydrogens is 284 g/mol. The molecule has 0 aromatic heterocycles. The molecular formula is C16H20N2O2S. The predicted molar refractivity (Wildman–Crippen MR) is 80.7 cm³/mol. The maximum atomic E-state index is 12.2. The van der Waals surface area contributed by atoms with Crippen LogP contribution in [-0.4, -0.2) is 15.0 Å². The molecule has 1 N–H and O–H groups in total. The Kier molecular flexibility index (Phi) is 4.01. The maximum Gasteiger partial charge on any atom is 0.215 e. The fraction of sp³-hybridized carbons (Fsp3) is 0.562. The van der Waals surface area contributed by atoms with E-state index >= 15 is 0 Å². The lowest BCUT2D eigenvalue weighted by Crippen LogP contribution is -2.32.